The van der Waals surface area contributed by atoms with Crippen molar-refractivity contribution in [3.8, 4) is 5.19 Å². The monoisotopic (exact) mass is 423 g/mol. The molecule has 2 saturated carbocycles. The fourth-order valence-corrected chi connectivity index (χ4v) is 5.05. The first-order chi connectivity index (χ1) is 13.9. The number of fused-ring (bicyclic) bond motifs is 2. The van der Waals surface area contributed by atoms with Crippen molar-refractivity contribution in [2.75, 3.05) is 19.7 Å². The normalized spacial score (nSPS) is 24.3. The van der Waals surface area contributed by atoms with Gasteiger partial charge in [0.05, 0.1) is 6.20 Å². The van der Waals surface area contributed by atoms with E-state index in [2.05, 4.69) is 15.6 Å². The quantitative estimate of drug-likeness (QED) is 0.446. The highest BCUT2D eigenvalue weighted by molar-refractivity contribution is 7.15. The minimum absolute atomic E-state index is 0.135. The summed E-state index contributed by atoms with van der Waals surface area (Å²) in [6.07, 6.45) is 7.12. The molecule has 1 heterocycles. The number of Topliss-reactive ketones (excluding diaryl/α,β-unsaturated/α-hetero) is 1. The molecule has 3 rings (SSSR count). The zero-order valence-corrected chi connectivity index (χ0v) is 18.2. The van der Waals surface area contributed by atoms with Crippen LogP contribution in [0.3, 0.4) is 0 Å². The van der Waals surface area contributed by atoms with Gasteiger partial charge in [0.25, 0.3) is 11.1 Å². The second-order valence-corrected chi connectivity index (χ2v) is 9.54. The molecule has 2 aliphatic rings. The predicted octanol–water partition coefficient (Wildman–Crippen LogP) is 2.40. The second-order valence-electron chi connectivity index (χ2n) is 8.55. The van der Waals surface area contributed by atoms with E-state index in [1.165, 1.54) is 24.0 Å². The Morgan fingerprint density at radius 3 is 2.93 bits per heavy atom. The van der Waals surface area contributed by atoms with Crippen LogP contribution in [0.1, 0.15) is 62.0 Å². The third-order valence-corrected chi connectivity index (χ3v) is 6.82. The van der Waals surface area contributed by atoms with Crippen LogP contribution < -0.4 is 15.4 Å². The van der Waals surface area contributed by atoms with Gasteiger partial charge >= 0.3 is 0 Å². The Morgan fingerprint density at radius 1 is 1.38 bits per heavy atom. The minimum atomic E-state index is -0.624. The first-order valence-corrected chi connectivity index (χ1v) is 11.6. The Kier molecular flexibility index (Phi) is 8.03. The van der Waals surface area contributed by atoms with Gasteiger partial charge in [-0.1, -0.05) is 31.6 Å². The second kappa shape index (κ2) is 10.5. The Morgan fingerprint density at radius 2 is 2.21 bits per heavy atom. The molecule has 7 nitrogen and oxygen atoms in total. The van der Waals surface area contributed by atoms with Crippen molar-refractivity contribution in [2.24, 2.45) is 17.8 Å². The van der Waals surface area contributed by atoms with Crippen LogP contribution in [-0.2, 0) is 4.79 Å². The maximum atomic E-state index is 12.2. The van der Waals surface area contributed by atoms with E-state index in [1.807, 2.05) is 13.8 Å². The molecule has 0 spiro atoms. The van der Waals surface area contributed by atoms with Crippen LogP contribution >= 0.6 is 11.3 Å². The molecule has 0 aliphatic heterocycles. The summed E-state index contributed by atoms with van der Waals surface area (Å²) in [6.45, 7) is 5.20. The van der Waals surface area contributed by atoms with Gasteiger partial charge in [-0.2, -0.15) is 0 Å². The van der Waals surface area contributed by atoms with Crippen molar-refractivity contribution in [3.63, 3.8) is 0 Å². The van der Waals surface area contributed by atoms with Crippen LogP contribution in [0.15, 0.2) is 6.20 Å². The van der Waals surface area contributed by atoms with Crippen LogP contribution in [0.5, 0.6) is 5.19 Å². The number of unbranched alkanes of at least 4 members (excludes halogenated alkanes) is 1. The average Bonchev–Trinajstić information content (AvgIpc) is 3.41. The van der Waals surface area contributed by atoms with Crippen molar-refractivity contribution < 1.29 is 19.4 Å². The predicted molar refractivity (Wildman–Crippen MR) is 112 cm³/mol. The third-order valence-electron chi connectivity index (χ3n) is 5.91. The molecule has 2 aliphatic carbocycles. The molecule has 1 aromatic heterocycles. The molecule has 2 fully saturated rings. The highest BCUT2D eigenvalue weighted by Crippen LogP contribution is 2.47. The molecule has 8 heteroatoms. The summed E-state index contributed by atoms with van der Waals surface area (Å²) < 4.78 is 5.47. The molecule has 162 valence electrons. The van der Waals surface area contributed by atoms with E-state index >= 15 is 0 Å². The number of thiazole rings is 1. The van der Waals surface area contributed by atoms with Gasteiger partial charge < -0.3 is 20.5 Å². The van der Waals surface area contributed by atoms with Crippen LogP contribution in [0.2, 0.25) is 0 Å². The van der Waals surface area contributed by atoms with Gasteiger partial charge in [-0.15, -0.1) is 0 Å². The van der Waals surface area contributed by atoms with E-state index in [0.29, 0.717) is 46.8 Å². The molecular formula is C21H33N3O4S. The lowest BCUT2D eigenvalue weighted by molar-refractivity contribution is -0.126. The summed E-state index contributed by atoms with van der Waals surface area (Å²) in [6, 6.07) is 0.300. The van der Waals surface area contributed by atoms with E-state index in [-0.39, 0.29) is 18.4 Å². The molecule has 29 heavy (non-hydrogen) atoms. The zero-order valence-electron chi connectivity index (χ0n) is 17.4. The number of nitrogens with zero attached hydrogens (tertiary/aromatic N) is 1. The number of hydrogen-bond acceptors (Lipinski definition) is 7. The number of rotatable bonds is 12. The van der Waals surface area contributed by atoms with Crippen molar-refractivity contribution in [2.45, 2.75) is 64.5 Å². The van der Waals surface area contributed by atoms with E-state index < -0.39 is 6.10 Å². The van der Waals surface area contributed by atoms with Crippen LogP contribution in [0.4, 0.5) is 0 Å². The fraction of sp³-hybridized carbons (Fsp3) is 0.762. The zero-order chi connectivity index (χ0) is 20.8. The Hall–Kier alpha value is -1.51. The fourth-order valence-electron chi connectivity index (χ4n) is 4.36. The van der Waals surface area contributed by atoms with Gasteiger partial charge in [0.2, 0.25) is 0 Å². The van der Waals surface area contributed by atoms with Crippen molar-refractivity contribution >= 4 is 23.0 Å². The third kappa shape index (κ3) is 6.23. The largest absolute Gasteiger partial charge is 0.467 e. The highest BCUT2D eigenvalue weighted by atomic mass is 32.1. The number of ketones is 1. The maximum Gasteiger partial charge on any atom is 0.273 e. The molecule has 4 unspecified atom stereocenters. The van der Waals surface area contributed by atoms with Crippen LogP contribution in [-0.4, -0.2) is 53.6 Å². The van der Waals surface area contributed by atoms with Gasteiger partial charge in [-0.25, -0.2) is 4.98 Å². The highest BCUT2D eigenvalue weighted by Gasteiger charge is 2.45. The summed E-state index contributed by atoms with van der Waals surface area (Å²) in [4.78, 5) is 29.0. The summed E-state index contributed by atoms with van der Waals surface area (Å²) >= 11 is 1.18. The average molecular weight is 424 g/mol. The molecule has 1 amide bonds. The maximum absolute atomic E-state index is 12.2. The van der Waals surface area contributed by atoms with Gasteiger partial charge in [-0.3, -0.25) is 9.59 Å². The number of ether oxygens (including phenoxy) is 1. The number of aliphatic hydroxyl groups excluding tert-OH is 1. The summed E-state index contributed by atoms with van der Waals surface area (Å²) in [7, 11) is 0. The minimum Gasteiger partial charge on any atom is -0.467 e. The van der Waals surface area contributed by atoms with E-state index in [4.69, 9.17) is 4.74 Å². The SMILES string of the molecule is CC(C)NCC(O)COc1ncc(C(=O)NCCCCC2C(=O)C3CCC2C3)s1. The standard InChI is InChI=1S/C21H33N3O4S/c1-13(2)23-10-16(25)12-28-21-24-11-18(29-21)20(27)22-8-4-3-5-17-14-6-7-15(9-14)19(17)26/h11,13-17,23,25H,3-10,12H2,1-2H3,(H,22,27). The van der Waals surface area contributed by atoms with Crippen LogP contribution in [0.25, 0.3) is 0 Å². The lowest BCUT2D eigenvalue weighted by Gasteiger charge is -2.20. The van der Waals surface area contributed by atoms with E-state index in [1.54, 1.807) is 0 Å². The number of amides is 1. The molecule has 0 aromatic carbocycles. The lowest BCUT2D eigenvalue weighted by Crippen LogP contribution is -2.35. The van der Waals surface area contributed by atoms with Crippen molar-refractivity contribution in [1.82, 2.24) is 15.6 Å². The van der Waals surface area contributed by atoms with Crippen LogP contribution in [0, 0.1) is 17.8 Å². The first kappa shape index (κ1) is 22.2. The number of carbonyl (C=O) groups excluding carboxylic acids is 2. The Balaban J connectivity index is 1.29. The van der Waals surface area contributed by atoms with Crippen molar-refractivity contribution in [3.05, 3.63) is 11.1 Å². The van der Waals surface area contributed by atoms with E-state index in [9.17, 15) is 14.7 Å². The summed E-state index contributed by atoms with van der Waals surface area (Å²) in [5, 5.41) is 16.3. The lowest BCUT2D eigenvalue weighted by atomic mass is 9.84. The molecule has 2 bridgehead atoms. The summed E-state index contributed by atoms with van der Waals surface area (Å²) in [5.74, 6) is 1.58. The van der Waals surface area contributed by atoms with Gasteiger partial charge in [0.1, 0.15) is 23.4 Å². The molecular weight excluding hydrogens is 390 g/mol. The summed E-state index contributed by atoms with van der Waals surface area (Å²) in [5.41, 5.74) is 0. The smallest absolute Gasteiger partial charge is 0.273 e. The van der Waals surface area contributed by atoms with Gasteiger partial charge in [-0.05, 0) is 38.0 Å². The number of aliphatic hydroxyl groups is 1. The molecule has 3 N–H and O–H groups in total. The molecule has 0 saturated heterocycles. The first-order valence-electron chi connectivity index (χ1n) is 10.8. The number of aromatic nitrogens is 1. The molecule has 1 aromatic rings. The van der Waals surface area contributed by atoms with Gasteiger partial charge in [0, 0.05) is 31.0 Å². The Labute approximate surface area is 176 Å². The Bertz CT molecular complexity index is 693. The van der Waals surface area contributed by atoms with Gasteiger partial charge in [0.15, 0.2) is 0 Å². The molecule has 4 atom stereocenters. The number of carbonyl (C=O) groups is 2. The van der Waals surface area contributed by atoms with E-state index in [0.717, 1.165) is 32.1 Å². The molecule has 0 radical (unpaired) electrons. The number of hydrogen-bond donors (Lipinski definition) is 3. The number of nitrogens with one attached hydrogen (secondary N) is 2. The topological polar surface area (TPSA) is 101 Å². The van der Waals surface area contributed by atoms with Crippen molar-refractivity contribution in [1.29, 1.82) is 0 Å².